The lowest BCUT2D eigenvalue weighted by Crippen LogP contribution is -2.34. The average molecular weight is 390 g/mol. The van der Waals surface area contributed by atoms with Gasteiger partial charge in [0.05, 0.1) is 12.2 Å². The van der Waals surface area contributed by atoms with Crippen LogP contribution in [0.1, 0.15) is 31.9 Å². The van der Waals surface area contributed by atoms with Crippen molar-refractivity contribution in [2.45, 2.75) is 27.2 Å². The number of imide groups is 1. The molecular weight excluding hydrogens is 364 g/mol. The topological polar surface area (TPSA) is 49.9 Å². The van der Waals surface area contributed by atoms with E-state index in [0.29, 0.717) is 36.9 Å². The van der Waals surface area contributed by atoms with Crippen molar-refractivity contribution in [3.63, 3.8) is 0 Å². The van der Waals surface area contributed by atoms with Crippen LogP contribution in [0.3, 0.4) is 0 Å². The molecule has 4 rings (SSSR count). The predicted molar refractivity (Wildman–Crippen MR) is 114 cm³/mol. The van der Waals surface area contributed by atoms with Gasteiger partial charge in [-0.15, -0.1) is 0 Å². The highest BCUT2D eigenvalue weighted by atomic mass is 16.5. The fourth-order valence-corrected chi connectivity index (χ4v) is 3.91. The van der Waals surface area contributed by atoms with Crippen LogP contribution in [0.4, 0.5) is 5.69 Å². The molecule has 0 unspecified atom stereocenters. The molecule has 0 bridgehead atoms. The number of carbonyl (C=O) groups is 2. The van der Waals surface area contributed by atoms with E-state index in [1.54, 1.807) is 0 Å². The molecule has 0 atom stereocenters. The van der Waals surface area contributed by atoms with Gasteiger partial charge < -0.3 is 9.64 Å². The summed E-state index contributed by atoms with van der Waals surface area (Å²) in [5.41, 5.74) is 3.92. The summed E-state index contributed by atoms with van der Waals surface area (Å²) in [6, 6.07) is 15.6. The molecule has 2 aliphatic heterocycles. The summed E-state index contributed by atoms with van der Waals surface area (Å²) in [5.74, 6) is 0.753. The smallest absolute Gasteiger partial charge is 0.278 e. The van der Waals surface area contributed by atoms with Crippen molar-refractivity contribution in [3.8, 4) is 5.75 Å². The highest BCUT2D eigenvalue weighted by Gasteiger charge is 2.42. The molecular formula is C24H26N2O3. The Labute approximate surface area is 171 Å². The first-order valence-corrected chi connectivity index (χ1v) is 10.2. The Kier molecular flexibility index (Phi) is 5.14. The van der Waals surface area contributed by atoms with E-state index in [9.17, 15) is 9.59 Å². The fraction of sp³-hybridized carbons (Fsp3) is 0.333. The molecule has 0 saturated carbocycles. The molecule has 5 nitrogen and oxygen atoms in total. The number of likely N-dealkylation sites (N-methyl/N-ethyl adjacent to an activating group) is 1. The summed E-state index contributed by atoms with van der Waals surface area (Å²) in [5, 5.41) is 0. The minimum Gasteiger partial charge on any atom is -0.493 e. The zero-order valence-corrected chi connectivity index (χ0v) is 17.1. The standard InChI is InChI=1S/C24H26N2O3/c1-4-25-23(27)21(18-9-11-19(12-10-18)29-15-16(2)3)22(24(25)28)26-14-13-17-7-5-6-8-20(17)26/h5-12,16H,4,13-15H2,1-3H3. The molecule has 0 saturated heterocycles. The third-order valence-electron chi connectivity index (χ3n) is 5.34. The van der Waals surface area contributed by atoms with E-state index in [1.165, 1.54) is 10.5 Å². The Hall–Kier alpha value is -3.08. The van der Waals surface area contributed by atoms with Crippen molar-refractivity contribution in [3.05, 3.63) is 65.4 Å². The van der Waals surface area contributed by atoms with E-state index in [0.717, 1.165) is 23.4 Å². The second kappa shape index (κ2) is 7.74. The van der Waals surface area contributed by atoms with Gasteiger partial charge in [0.2, 0.25) is 0 Å². The number of para-hydroxylation sites is 1. The molecule has 0 radical (unpaired) electrons. The largest absolute Gasteiger partial charge is 0.493 e. The normalized spacial score (nSPS) is 16.3. The Bertz CT molecular complexity index is 976. The SMILES string of the molecule is CCN1C(=O)C(c2ccc(OCC(C)C)cc2)=C(N2CCc3ccccc32)C1=O. The van der Waals surface area contributed by atoms with Gasteiger partial charge >= 0.3 is 0 Å². The molecule has 0 N–H and O–H groups in total. The molecule has 29 heavy (non-hydrogen) atoms. The van der Waals surface area contributed by atoms with Crippen LogP contribution >= 0.6 is 0 Å². The maximum absolute atomic E-state index is 13.2. The van der Waals surface area contributed by atoms with E-state index in [-0.39, 0.29) is 11.8 Å². The summed E-state index contributed by atoms with van der Waals surface area (Å²) in [4.78, 5) is 29.6. The lowest BCUT2D eigenvalue weighted by molar-refractivity contribution is -0.136. The van der Waals surface area contributed by atoms with Crippen molar-refractivity contribution in [1.82, 2.24) is 4.90 Å². The monoisotopic (exact) mass is 390 g/mol. The summed E-state index contributed by atoms with van der Waals surface area (Å²) < 4.78 is 5.76. The molecule has 0 aromatic heterocycles. The first-order valence-electron chi connectivity index (χ1n) is 10.2. The summed E-state index contributed by atoms with van der Waals surface area (Å²) in [7, 11) is 0. The van der Waals surface area contributed by atoms with Gasteiger partial charge in [-0.1, -0.05) is 44.2 Å². The lowest BCUT2D eigenvalue weighted by atomic mass is 10.0. The molecule has 0 aliphatic carbocycles. The minimum atomic E-state index is -0.229. The van der Waals surface area contributed by atoms with Crippen molar-refractivity contribution >= 4 is 23.1 Å². The third-order valence-corrected chi connectivity index (χ3v) is 5.34. The van der Waals surface area contributed by atoms with E-state index >= 15 is 0 Å². The van der Waals surface area contributed by atoms with Crippen LogP contribution in [0.15, 0.2) is 54.2 Å². The molecule has 5 heteroatoms. The number of fused-ring (bicyclic) bond motifs is 1. The maximum atomic E-state index is 13.2. The molecule has 2 amide bonds. The molecule has 0 fully saturated rings. The van der Waals surface area contributed by atoms with Crippen LogP contribution < -0.4 is 9.64 Å². The van der Waals surface area contributed by atoms with Crippen LogP contribution in [0, 0.1) is 5.92 Å². The quantitative estimate of drug-likeness (QED) is 0.703. The lowest BCUT2D eigenvalue weighted by Gasteiger charge is -2.21. The number of ether oxygens (including phenoxy) is 1. The molecule has 0 spiro atoms. The zero-order valence-electron chi connectivity index (χ0n) is 17.1. The number of carbonyl (C=O) groups excluding carboxylic acids is 2. The van der Waals surface area contributed by atoms with Crippen LogP contribution in [0.2, 0.25) is 0 Å². The van der Waals surface area contributed by atoms with Crippen molar-refractivity contribution in [2.24, 2.45) is 5.92 Å². The van der Waals surface area contributed by atoms with Crippen molar-refractivity contribution in [1.29, 1.82) is 0 Å². The van der Waals surface area contributed by atoms with Crippen molar-refractivity contribution < 1.29 is 14.3 Å². The van der Waals surface area contributed by atoms with Gasteiger partial charge in [0.25, 0.3) is 11.8 Å². The molecule has 2 aromatic carbocycles. The summed E-state index contributed by atoms with van der Waals surface area (Å²) >= 11 is 0. The highest BCUT2D eigenvalue weighted by molar-refractivity contribution is 6.36. The number of benzene rings is 2. The average Bonchev–Trinajstić information content (AvgIpc) is 3.24. The molecule has 2 aliphatic rings. The van der Waals surface area contributed by atoms with E-state index in [2.05, 4.69) is 19.9 Å². The third kappa shape index (κ3) is 3.41. The summed E-state index contributed by atoms with van der Waals surface area (Å²) in [6.07, 6.45) is 0.864. The van der Waals surface area contributed by atoms with Gasteiger partial charge in [-0.3, -0.25) is 14.5 Å². The Morgan fingerprint density at radius 1 is 1.00 bits per heavy atom. The number of hydrogen-bond donors (Lipinski definition) is 0. The van der Waals surface area contributed by atoms with Crippen LogP contribution in [-0.2, 0) is 16.0 Å². The van der Waals surface area contributed by atoms with E-state index < -0.39 is 0 Å². The number of nitrogens with zero attached hydrogens (tertiary/aromatic N) is 2. The highest BCUT2D eigenvalue weighted by Crippen LogP contribution is 2.38. The number of rotatable bonds is 6. The number of anilines is 1. The molecule has 2 heterocycles. The second-order valence-electron chi connectivity index (χ2n) is 7.84. The van der Waals surface area contributed by atoms with Gasteiger partial charge in [0, 0.05) is 18.8 Å². The maximum Gasteiger partial charge on any atom is 0.278 e. The van der Waals surface area contributed by atoms with Crippen molar-refractivity contribution in [2.75, 3.05) is 24.6 Å². The van der Waals surface area contributed by atoms with Crippen LogP contribution in [-0.4, -0.2) is 36.4 Å². The predicted octanol–water partition coefficient (Wildman–Crippen LogP) is 3.88. The minimum absolute atomic E-state index is 0.218. The first kappa shape index (κ1) is 19.2. The Balaban J connectivity index is 1.75. The molecule has 2 aromatic rings. The van der Waals surface area contributed by atoms with Gasteiger partial charge in [0.1, 0.15) is 11.4 Å². The molecule has 150 valence electrons. The Morgan fingerprint density at radius 2 is 1.72 bits per heavy atom. The van der Waals surface area contributed by atoms with Gasteiger partial charge in [-0.05, 0) is 48.6 Å². The zero-order chi connectivity index (χ0) is 20.5. The number of hydrogen-bond acceptors (Lipinski definition) is 4. The number of amides is 2. The van der Waals surface area contributed by atoms with Crippen LogP contribution in [0.25, 0.3) is 5.57 Å². The first-order chi connectivity index (χ1) is 14.0. The second-order valence-corrected chi connectivity index (χ2v) is 7.84. The van der Waals surface area contributed by atoms with Gasteiger partial charge in [-0.2, -0.15) is 0 Å². The van der Waals surface area contributed by atoms with E-state index in [1.807, 2.05) is 54.3 Å². The van der Waals surface area contributed by atoms with Crippen LogP contribution in [0.5, 0.6) is 5.75 Å². The Morgan fingerprint density at radius 3 is 2.41 bits per heavy atom. The summed E-state index contributed by atoms with van der Waals surface area (Å²) in [6.45, 7) is 7.72. The van der Waals surface area contributed by atoms with E-state index in [4.69, 9.17) is 4.74 Å². The fourth-order valence-electron chi connectivity index (χ4n) is 3.91. The van der Waals surface area contributed by atoms with Gasteiger partial charge in [-0.25, -0.2) is 0 Å². The van der Waals surface area contributed by atoms with Gasteiger partial charge in [0.15, 0.2) is 0 Å².